The summed E-state index contributed by atoms with van der Waals surface area (Å²) < 4.78 is 0.963. The van der Waals surface area contributed by atoms with Crippen LogP contribution in [0, 0.1) is 0 Å². The van der Waals surface area contributed by atoms with Gasteiger partial charge in [0.05, 0.1) is 17.0 Å². The lowest BCUT2D eigenvalue weighted by molar-refractivity contribution is 0.0945. The molecule has 14 heavy (non-hydrogen) atoms. The minimum absolute atomic E-state index is 0.466. The maximum Gasteiger partial charge on any atom is 0.0763 e. The zero-order valence-corrected chi connectivity index (χ0v) is 9.93. The Morgan fingerprint density at radius 2 is 2.14 bits per heavy atom. The van der Waals surface area contributed by atoms with Gasteiger partial charge < -0.3 is 16.2 Å². The minimum atomic E-state index is -0.741. The summed E-state index contributed by atoms with van der Waals surface area (Å²) in [5.74, 6) is 0. The summed E-state index contributed by atoms with van der Waals surface area (Å²) in [6.07, 6.45) is 0. The molecule has 0 amide bonds. The van der Waals surface area contributed by atoms with Crippen molar-refractivity contribution in [3.8, 4) is 0 Å². The fourth-order valence-electron chi connectivity index (χ4n) is 0.993. The van der Waals surface area contributed by atoms with E-state index in [1.807, 2.05) is 18.2 Å². The molecule has 0 aromatic heterocycles. The Hall–Kier alpha value is -0.740. The second-order valence-electron chi connectivity index (χ2n) is 3.90. The molecule has 0 unspecified atom stereocenters. The highest BCUT2D eigenvalue weighted by Crippen LogP contribution is 2.23. The molecular weight excluding hydrogens is 244 g/mol. The first-order chi connectivity index (χ1) is 6.38. The lowest BCUT2D eigenvalue weighted by atomic mass is 10.1. The molecule has 1 aromatic rings. The van der Waals surface area contributed by atoms with Gasteiger partial charge in [0, 0.05) is 11.0 Å². The van der Waals surface area contributed by atoms with Crippen molar-refractivity contribution in [2.75, 3.05) is 17.6 Å². The number of hydrogen-bond acceptors (Lipinski definition) is 3. The lowest BCUT2D eigenvalue weighted by Crippen LogP contribution is -2.29. The van der Waals surface area contributed by atoms with E-state index < -0.39 is 5.60 Å². The summed E-state index contributed by atoms with van der Waals surface area (Å²) in [7, 11) is 0. The first kappa shape index (κ1) is 11.3. The van der Waals surface area contributed by atoms with Crippen LogP contribution in [0.4, 0.5) is 11.4 Å². The number of nitrogen functional groups attached to an aromatic ring is 1. The second kappa shape index (κ2) is 4.19. The number of nitrogens with two attached hydrogens (primary N) is 1. The minimum Gasteiger partial charge on any atom is -0.397 e. The average Bonchev–Trinajstić information content (AvgIpc) is 2.05. The van der Waals surface area contributed by atoms with E-state index in [9.17, 15) is 5.11 Å². The molecular formula is C10H15BrN2O. The van der Waals surface area contributed by atoms with Gasteiger partial charge in [0.1, 0.15) is 0 Å². The van der Waals surface area contributed by atoms with Crippen LogP contribution in [0.25, 0.3) is 0 Å². The summed E-state index contributed by atoms with van der Waals surface area (Å²) in [6, 6.07) is 5.59. The van der Waals surface area contributed by atoms with Crippen molar-refractivity contribution in [3.63, 3.8) is 0 Å². The van der Waals surface area contributed by atoms with Crippen LogP contribution in [-0.2, 0) is 0 Å². The Balaban J connectivity index is 2.72. The van der Waals surface area contributed by atoms with Crippen molar-refractivity contribution in [3.05, 3.63) is 22.7 Å². The van der Waals surface area contributed by atoms with E-state index in [0.29, 0.717) is 12.2 Å². The van der Waals surface area contributed by atoms with Crippen LogP contribution < -0.4 is 11.1 Å². The van der Waals surface area contributed by atoms with Crippen LogP contribution in [0.15, 0.2) is 22.7 Å². The third kappa shape index (κ3) is 3.55. The average molecular weight is 259 g/mol. The molecule has 0 radical (unpaired) electrons. The molecule has 3 nitrogen and oxygen atoms in total. The van der Waals surface area contributed by atoms with Crippen molar-refractivity contribution in [1.82, 2.24) is 0 Å². The fraction of sp³-hybridized carbons (Fsp3) is 0.400. The Bertz CT molecular complexity index is 320. The van der Waals surface area contributed by atoms with Gasteiger partial charge in [-0.05, 0) is 32.0 Å². The first-order valence-corrected chi connectivity index (χ1v) is 5.19. The molecule has 0 fully saturated rings. The predicted molar refractivity (Wildman–Crippen MR) is 63.3 cm³/mol. The molecule has 0 aliphatic rings. The number of halogens is 1. The molecule has 0 aliphatic heterocycles. The van der Waals surface area contributed by atoms with Gasteiger partial charge in [0.25, 0.3) is 0 Å². The maximum atomic E-state index is 9.52. The molecule has 1 aromatic carbocycles. The van der Waals surface area contributed by atoms with Crippen LogP contribution in [-0.4, -0.2) is 17.3 Å². The van der Waals surface area contributed by atoms with E-state index in [1.165, 1.54) is 0 Å². The highest BCUT2D eigenvalue weighted by Gasteiger charge is 2.12. The molecule has 0 aliphatic carbocycles. The molecule has 0 bridgehead atoms. The van der Waals surface area contributed by atoms with Crippen molar-refractivity contribution in [2.45, 2.75) is 19.4 Å². The molecule has 4 N–H and O–H groups in total. The Labute approximate surface area is 92.4 Å². The largest absolute Gasteiger partial charge is 0.397 e. The number of hydrogen-bond donors (Lipinski definition) is 3. The van der Waals surface area contributed by atoms with Crippen LogP contribution in [0.3, 0.4) is 0 Å². The number of rotatable bonds is 3. The highest BCUT2D eigenvalue weighted by molar-refractivity contribution is 9.10. The smallest absolute Gasteiger partial charge is 0.0763 e. The van der Waals surface area contributed by atoms with Gasteiger partial charge in [-0.3, -0.25) is 0 Å². The normalized spacial score (nSPS) is 11.4. The van der Waals surface area contributed by atoms with Crippen molar-refractivity contribution in [1.29, 1.82) is 0 Å². The predicted octanol–water partition coefficient (Wildman–Crippen LogP) is 2.21. The topological polar surface area (TPSA) is 58.3 Å². The Morgan fingerprint density at radius 3 is 2.71 bits per heavy atom. The van der Waals surface area contributed by atoms with Gasteiger partial charge in [-0.1, -0.05) is 15.9 Å². The van der Waals surface area contributed by atoms with E-state index in [1.54, 1.807) is 13.8 Å². The van der Waals surface area contributed by atoms with Gasteiger partial charge >= 0.3 is 0 Å². The summed E-state index contributed by atoms with van der Waals surface area (Å²) in [6.45, 7) is 3.95. The van der Waals surface area contributed by atoms with Crippen LogP contribution >= 0.6 is 15.9 Å². The van der Waals surface area contributed by atoms with E-state index in [0.717, 1.165) is 10.2 Å². The van der Waals surface area contributed by atoms with Crippen LogP contribution in [0.1, 0.15) is 13.8 Å². The van der Waals surface area contributed by atoms with Gasteiger partial charge in [-0.25, -0.2) is 0 Å². The van der Waals surface area contributed by atoms with Gasteiger partial charge in [-0.2, -0.15) is 0 Å². The third-order valence-electron chi connectivity index (χ3n) is 1.73. The van der Waals surface area contributed by atoms with E-state index in [-0.39, 0.29) is 0 Å². The fourth-order valence-corrected chi connectivity index (χ4v) is 1.35. The number of nitrogens with one attached hydrogen (secondary N) is 1. The zero-order valence-electron chi connectivity index (χ0n) is 8.34. The van der Waals surface area contributed by atoms with Gasteiger partial charge in [0.2, 0.25) is 0 Å². The maximum absolute atomic E-state index is 9.52. The lowest BCUT2D eigenvalue weighted by Gasteiger charge is -2.19. The van der Waals surface area contributed by atoms with Crippen molar-refractivity contribution >= 4 is 27.3 Å². The molecule has 0 spiro atoms. The quantitative estimate of drug-likeness (QED) is 0.729. The first-order valence-electron chi connectivity index (χ1n) is 4.40. The van der Waals surface area contributed by atoms with Crippen LogP contribution in [0.2, 0.25) is 0 Å². The van der Waals surface area contributed by atoms with Gasteiger partial charge in [0.15, 0.2) is 0 Å². The zero-order chi connectivity index (χ0) is 10.8. The van der Waals surface area contributed by atoms with E-state index >= 15 is 0 Å². The van der Waals surface area contributed by atoms with Gasteiger partial charge in [-0.15, -0.1) is 0 Å². The Morgan fingerprint density at radius 1 is 1.50 bits per heavy atom. The number of benzene rings is 1. The molecule has 0 heterocycles. The van der Waals surface area contributed by atoms with Crippen molar-refractivity contribution < 1.29 is 5.11 Å². The van der Waals surface area contributed by atoms with Crippen molar-refractivity contribution in [2.24, 2.45) is 0 Å². The summed E-state index contributed by atoms with van der Waals surface area (Å²) in [5, 5.41) is 12.6. The molecule has 0 saturated carbocycles. The number of anilines is 2. The highest BCUT2D eigenvalue weighted by atomic mass is 79.9. The molecule has 78 valence electrons. The summed E-state index contributed by atoms with van der Waals surface area (Å²) in [4.78, 5) is 0. The van der Waals surface area contributed by atoms with E-state index in [2.05, 4.69) is 21.2 Å². The second-order valence-corrected chi connectivity index (χ2v) is 4.81. The molecule has 0 saturated heterocycles. The molecule has 1 rings (SSSR count). The standard InChI is InChI=1S/C10H15BrN2O/c1-10(2,14)6-13-9-5-7(11)3-4-8(9)12/h3-5,13-14H,6,12H2,1-2H3. The SMILES string of the molecule is CC(C)(O)CNc1cc(Br)ccc1N. The number of aliphatic hydroxyl groups is 1. The summed E-state index contributed by atoms with van der Waals surface area (Å²) >= 11 is 3.36. The summed E-state index contributed by atoms with van der Waals surface area (Å²) in [5.41, 5.74) is 6.53. The Kier molecular flexibility index (Phi) is 3.39. The molecule has 4 heteroatoms. The van der Waals surface area contributed by atoms with Crippen LogP contribution in [0.5, 0.6) is 0 Å². The third-order valence-corrected chi connectivity index (χ3v) is 2.22. The molecule has 0 atom stereocenters. The monoisotopic (exact) mass is 258 g/mol. The van der Waals surface area contributed by atoms with E-state index in [4.69, 9.17) is 5.73 Å².